The van der Waals surface area contributed by atoms with Crippen molar-refractivity contribution in [1.82, 2.24) is 9.88 Å². The van der Waals surface area contributed by atoms with Crippen LogP contribution >= 0.6 is 11.3 Å². The Morgan fingerprint density at radius 2 is 2.07 bits per heavy atom. The summed E-state index contributed by atoms with van der Waals surface area (Å²) in [5, 5.41) is 1.19. The van der Waals surface area contributed by atoms with Gasteiger partial charge in [0.25, 0.3) is 0 Å². The summed E-state index contributed by atoms with van der Waals surface area (Å²) in [6, 6.07) is 8.69. The number of carbonyl (C=O) groups excluding carboxylic acids is 1. The van der Waals surface area contributed by atoms with E-state index in [4.69, 9.17) is 10.7 Å². The van der Waals surface area contributed by atoms with E-state index < -0.39 is 0 Å². The van der Waals surface area contributed by atoms with Crippen LogP contribution in [0.4, 0.5) is 0 Å². The second-order valence-electron chi connectivity index (χ2n) is 8.72. The minimum Gasteiger partial charge on any atom is -0.340 e. The highest BCUT2D eigenvalue weighted by Gasteiger charge is 2.39. The van der Waals surface area contributed by atoms with E-state index >= 15 is 0 Å². The van der Waals surface area contributed by atoms with Crippen LogP contribution in [0.5, 0.6) is 0 Å². The van der Waals surface area contributed by atoms with Crippen LogP contribution in [0.15, 0.2) is 24.3 Å². The Kier molecular flexibility index (Phi) is 5.51. The number of rotatable bonds is 5. The van der Waals surface area contributed by atoms with Crippen molar-refractivity contribution in [3.8, 4) is 0 Å². The van der Waals surface area contributed by atoms with Gasteiger partial charge >= 0.3 is 0 Å². The lowest BCUT2D eigenvalue weighted by atomic mass is 9.69. The predicted octanol–water partition coefficient (Wildman–Crippen LogP) is 4.38. The molecule has 1 aliphatic heterocycles. The number of likely N-dealkylation sites (tertiary alicyclic amines) is 1. The van der Waals surface area contributed by atoms with Crippen molar-refractivity contribution in [2.45, 2.75) is 64.3 Å². The second kappa shape index (κ2) is 7.88. The summed E-state index contributed by atoms with van der Waals surface area (Å²) in [5.41, 5.74) is 7.04. The third-order valence-corrected chi connectivity index (χ3v) is 7.66. The summed E-state index contributed by atoms with van der Waals surface area (Å²) in [4.78, 5) is 20.2. The number of hydrogen-bond donors (Lipinski definition) is 1. The van der Waals surface area contributed by atoms with Crippen LogP contribution in [0, 0.1) is 11.3 Å². The second-order valence-corrected chi connectivity index (χ2v) is 9.84. The average molecular weight is 386 g/mol. The van der Waals surface area contributed by atoms with E-state index in [9.17, 15) is 4.79 Å². The summed E-state index contributed by atoms with van der Waals surface area (Å²) >= 11 is 1.80. The Morgan fingerprint density at radius 3 is 2.78 bits per heavy atom. The van der Waals surface area contributed by atoms with E-state index in [2.05, 4.69) is 30.0 Å². The van der Waals surface area contributed by atoms with Crippen molar-refractivity contribution in [1.29, 1.82) is 0 Å². The van der Waals surface area contributed by atoms with Gasteiger partial charge in [-0.3, -0.25) is 4.79 Å². The van der Waals surface area contributed by atoms with Crippen LogP contribution in [0.1, 0.15) is 56.9 Å². The van der Waals surface area contributed by atoms with Gasteiger partial charge in [-0.05, 0) is 56.2 Å². The Labute approximate surface area is 166 Å². The first-order valence-corrected chi connectivity index (χ1v) is 11.2. The number of fused-ring (bicyclic) bond motifs is 1. The first kappa shape index (κ1) is 18.9. The maximum Gasteiger partial charge on any atom is 0.223 e. The van der Waals surface area contributed by atoms with Gasteiger partial charge in [0.05, 0.1) is 15.2 Å². The Hall–Kier alpha value is -1.46. The molecular formula is C22H31N3OS. The number of nitrogens with zero attached hydrogens (tertiary/aromatic N) is 2. The summed E-state index contributed by atoms with van der Waals surface area (Å²) in [7, 11) is 0. The highest BCUT2D eigenvalue weighted by Crippen LogP contribution is 2.44. The molecule has 1 aromatic heterocycles. The molecule has 2 unspecified atom stereocenters. The van der Waals surface area contributed by atoms with E-state index in [0.717, 1.165) is 37.7 Å². The molecule has 1 aliphatic carbocycles. The molecular weight excluding hydrogens is 354 g/mol. The Bertz CT molecular complexity index is 763. The lowest BCUT2D eigenvalue weighted by Gasteiger charge is -2.38. The fourth-order valence-electron chi connectivity index (χ4n) is 5.12. The molecule has 1 saturated carbocycles. The first-order valence-electron chi connectivity index (χ1n) is 10.4. The topological polar surface area (TPSA) is 59.2 Å². The molecule has 27 heavy (non-hydrogen) atoms. The molecule has 146 valence electrons. The van der Waals surface area contributed by atoms with E-state index in [0.29, 0.717) is 30.8 Å². The molecule has 2 heterocycles. The molecule has 2 aromatic rings. The lowest BCUT2D eigenvalue weighted by molar-refractivity contribution is -0.135. The van der Waals surface area contributed by atoms with E-state index in [1.165, 1.54) is 29.0 Å². The minimum atomic E-state index is 0.0870. The maximum absolute atomic E-state index is 13.2. The highest BCUT2D eigenvalue weighted by atomic mass is 32.1. The standard InChI is InChI=1S/C22H31N3OS/c1-16-11-17(14-23)15-25(16)21(26)13-22(9-5-2-6-10-22)12-20-24-18-7-3-4-8-19(18)27-20/h3-4,7-8,16-17H,2,5-6,9-15,23H2,1H3. The maximum atomic E-state index is 13.2. The molecule has 2 aliphatic rings. The molecule has 1 saturated heterocycles. The molecule has 2 N–H and O–H groups in total. The van der Waals surface area contributed by atoms with Gasteiger partial charge in [0.15, 0.2) is 0 Å². The van der Waals surface area contributed by atoms with Crippen LogP contribution in [0.2, 0.25) is 0 Å². The average Bonchev–Trinajstić information content (AvgIpc) is 3.24. The largest absolute Gasteiger partial charge is 0.340 e. The number of nitrogens with two attached hydrogens (primary N) is 1. The van der Waals surface area contributed by atoms with Crippen LogP contribution in [-0.2, 0) is 11.2 Å². The van der Waals surface area contributed by atoms with Crippen LogP contribution < -0.4 is 5.73 Å². The van der Waals surface area contributed by atoms with Gasteiger partial charge in [-0.1, -0.05) is 31.4 Å². The van der Waals surface area contributed by atoms with Crippen molar-refractivity contribution < 1.29 is 4.79 Å². The fourth-order valence-corrected chi connectivity index (χ4v) is 6.26. The molecule has 1 amide bonds. The summed E-state index contributed by atoms with van der Waals surface area (Å²) in [5.74, 6) is 0.803. The molecule has 4 nitrogen and oxygen atoms in total. The number of carbonyl (C=O) groups is 1. The van der Waals surface area contributed by atoms with Gasteiger partial charge in [-0.2, -0.15) is 0 Å². The zero-order valence-electron chi connectivity index (χ0n) is 16.3. The molecule has 0 radical (unpaired) electrons. The summed E-state index contributed by atoms with van der Waals surface area (Å²) in [6.07, 6.45) is 8.73. The van der Waals surface area contributed by atoms with Gasteiger partial charge < -0.3 is 10.6 Å². The highest BCUT2D eigenvalue weighted by molar-refractivity contribution is 7.18. The SMILES string of the molecule is CC1CC(CN)CN1C(=O)CC1(Cc2nc3ccccc3s2)CCCCC1. The summed E-state index contributed by atoms with van der Waals surface area (Å²) < 4.78 is 1.25. The van der Waals surface area contributed by atoms with Crippen LogP contribution in [0.25, 0.3) is 10.2 Å². The van der Waals surface area contributed by atoms with Gasteiger partial charge in [0, 0.05) is 25.4 Å². The molecule has 0 spiro atoms. The third-order valence-electron chi connectivity index (χ3n) is 6.62. The van der Waals surface area contributed by atoms with Crippen molar-refractivity contribution in [2.75, 3.05) is 13.1 Å². The van der Waals surface area contributed by atoms with E-state index in [-0.39, 0.29) is 5.41 Å². The molecule has 0 bridgehead atoms. The number of aromatic nitrogens is 1. The van der Waals surface area contributed by atoms with Crippen molar-refractivity contribution in [2.24, 2.45) is 17.1 Å². The smallest absolute Gasteiger partial charge is 0.223 e. The number of para-hydroxylation sites is 1. The van der Waals surface area contributed by atoms with Crippen LogP contribution in [0.3, 0.4) is 0 Å². The van der Waals surface area contributed by atoms with Crippen molar-refractivity contribution in [3.63, 3.8) is 0 Å². The quantitative estimate of drug-likeness (QED) is 0.831. The van der Waals surface area contributed by atoms with Crippen molar-refractivity contribution in [3.05, 3.63) is 29.3 Å². The minimum absolute atomic E-state index is 0.0870. The zero-order chi connectivity index (χ0) is 18.9. The van der Waals surface area contributed by atoms with Gasteiger partial charge in [0.1, 0.15) is 0 Å². The van der Waals surface area contributed by atoms with Gasteiger partial charge in [-0.15, -0.1) is 11.3 Å². The predicted molar refractivity (Wildman–Crippen MR) is 112 cm³/mol. The first-order chi connectivity index (χ1) is 13.1. The molecule has 4 rings (SSSR count). The molecule has 1 aromatic carbocycles. The van der Waals surface area contributed by atoms with Crippen molar-refractivity contribution >= 4 is 27.5 Å². The lowest BCUT2D eigenvalue weighted by Crippen LogP contribution is -2.40. The summed E-state index contributed by atoms with van der Waals surface area (Å²) in [6.45, 7) is 3.70. The number of thiazole rings is 1. The third kappa shape index (κ3) is 4.04. The van der Waals surface area contributed by atoms with Crippen LogP contribution in [-0.4, -0.2) is 34.9 Å². The fraction of sp³-hybridized carbons (Fsp3) is 0.636. The zero-order valence-corrected chi connectivity index (χ0v) is 17.1. The molecule has 2 atom stereocenters. The molecule has 2 fully saturated rings. The van der Waals surface area contributed by atoms with Gasteiger partial charge in [-0.25, -0.2) is 4.98 Å². The normalized spacial score (nSPS) is 25.2. The van der Waals surface area contributed by atoms with E-state index in [1.807, 2.05) is 6.07 Å². The Morgan fingerprint density at radius 1 is 1.30 bits per heavy atom. The molecule has 5 heteroatoms. The number of amides is 1. The monoisotopic (exact) mass is 385 g/mol. The number of benzene rings is 1. The van der Waals surface area contributed by atoms with Gasteiger partial charge in [0.2, 0.25) is 5.91 Å². The Balaban J connectivity index is 1.52. The number of hydrogen-bond acceptors (Lipinski definition) is 4. The van der Waals surface area contributed by atoms with E-state index in [1.54, 1.807) is 11.3 Å².